The van der Waals surface area contributed by atoms with E-state index in [1.807, 2.05) is 13.8 Å². The minimum absolute atomic E-state index is 0.0392. The van der Waals surface area contributed by atoms with E-state index >= 15 is 0 Å². The lowest BCUT2D eigenvalue weighted by molar-refractivity contribution is -0.137. The first kappa shape index (κ1) is 9.32. The smallest absolute Gasteiger partial charge is 0.153 e. The number of hydrogen-bond acceptors (Lipinski definition) is 2. The molecular weight excluding hydrogens is 188 g/mol. The summed E-state index contributed by atoms with van der Waals surface area (Å²) in [6.07, 6.45) is 3.66. The number of ketones is 2. The van der Waals surface area contributed by atoms with Gasteiger partial charge in [0.25, 0.3) is 0 Å². The monoisotopic (exact) mass is 204 g/mol. The largest absolute Gasteiger partial charge is 0.299 e. The quantitative estimate of drug-likeness (QED) is 0.447. The Balaban J connectivity index is 2.27. The van der Waals surface area contributed by atoms with Gasteiger partial charge in [-0.2, -0.15) is 0 Å². The van der Waals surface area contributed by atoms with E-state index in [2.05, 4.69) is 13.0 Å². The lowest BCUT2D eigenvalue weighted by atomic mass is 9.70. The minimum atomic E-state index is -0.659. The molecule has 0 amide bonds. The Morgan fingerprint density at radius 1 is 1.33 bits per heavy atom. The van der Waals surface area contributed by atoms with Gasteiger partial charge in [-0.25, -0.2) is 0 Å². The van der Waals surface area contributed by atoms with Crippen LogP contribution in [0.2, 0.25) is 0 Å². The third kappa shape index (κ3) is 0.790. The molecule has 0 N–H and O–H groups in total. The Morgan fingerprint density at radius 3 is 2.67 bits per heavy atom. The Labute approximate surface area is 89.7 Å². The molecule has 0 radical (unpaired) electrons. The highest BCUT2D eigenvalue weighted by atomic mass is 16.2. The fourth-order valence-corrected chi connectivity index (χ4v) is 4.19. The Morgan fingerprint density at radius 2 is 2.00 bits per heavy atom. The van der Waals surface area contributed by atoms with E-state index in [4.69, 9.17) is 0 Å². The number of carbonyl (C=O) groups is 2. The van der Waals surface area contributed by atoms with Gasteiger partial charge in [-0.3, -0.25) is 9.59 Å². The molecule has 80 valence electrons. The number of carbonyl (C=O) groups excluding carboxylic acids is 2. The molecule has 0 unspecified atom stereocenters. The van der Waals surface area contributed by atoms with E-state index in [-0.39, 0.29) is 28.8 Å². The van der Waals surface area contributed by atoms with Crippen molar-refractivity contribution in [1.82, 2.24) is 0 Å². The van der Waals surface area contributed by atoms with Crippen LogP contribution in [0.3, 0.4) is 0 Å². The predicted molar refractivity (Wildman–Crippen MR) is 56.2 cm³/mol. The highest BCUT2D eigenvalue weighted by Gasteiger charge is 2.67. The van der Waals surface area contributed by atoms with Gasteiger partial charge in [0.05, 0.1) is 5.41 Å². The van der Waals surface area contributed by atoms with Crippen molar-refractivity contribution in [2.24, 2.45) is 22.7 Å². The minimum Gasteiger partial charge on any atom is -0.299 e. The zero-order valence-electron chi connectivity index (χ0n) is 9.46. The van der Waals surface area contributed by atoms with Gasteiger partial charge in [0.2, 0.25) is 0 Å². The maximum atomic E-state index is 12.3. The summed E-state index contributed by atoms with van der Waals surface area (Å²) in [6, 6.07) is 0. The Kier molecular flexibility index (Phi) is 1.40. The summed E-state index contributed by atoms with van der Waals surface area (Å²) in [6.45, 7) is 6.05. The second-order valence-corrected chi connectivity index (χ2v) is 5.90. The SMILES string of the molecule is CC1=C[C@@]2(C)CC(=O)[C@@]3(C)C(=O)[C@@H]1C[C@H]32. The molecule has 3 rings (SSSR count). The van der Waals surface area contributed by atoms with Gasteiger partial charge in [0, 0.05) is 12.3 Å². The molecule has 3 aliphatic carbocycles. The molecule has 0 heterocycles. The molecule has 2 bridgehead atoms. The first-order valence-electron chi connectivity index (χ1n) is 5.66. The molecular formula is C13H16O2. The molecule has 2 heteroatoms. The van der Waals surface area contributed by atoms with Crippen LogP contribution in [0.1, 0.15) is 33.6 Å². The van der Waals surface area contributed by atoms with Crippen LogP contribution in [-0.4, -0.2) is 11.6 Å². The number of hydrogen-bond donors (Lipinski definition) is 0. The summed E-state index contributed by atoms with van der Waals surface area (Å²) >= 11 is 0. The van der Waals surface area contributed by atoms with Crippen molar-refractivity contribution in [2.75, 3.05) is 0 Å². The highest BCUT2D eigenvalue weighted by molar-refractivity contribution is 6.13. The van der Waals surface area contributed by atoms with Crippen molar-refractivity contribution < 1.29 is 9.59 Å². The second-order valence-electron chi connectivity index (χ2n) is 5.90. The second kappa shape index (κ2) is 2.26. The lowest BCUT2D eigenvalue weighted by Crippen LogP contribution is -2.34. The average molecular weight is 204 g/mol. The first-order valence-corrected chi connectivity index (χ1v) is 5.66. The zero-order valence-corrected chi connectivity index (χ0v) is 9.46. The number of fused-ring (bicyclic) bond motifs is 1. The number of Topliss-reactive ketones (excluding diaryl/α,β-unsaturated/α-hetero) is 2. The van der Waals surface area contributed by atoms with Crippen LogP contribution in [0.5, 0.6) is 0 Å². The van der Waals surface area contributed by atoms with Crippen LogP contribution in [0.15, 0.2) is 11.6 Å². The van der Waals surface area contributed by atoms with Gasteiger partial charge in [0.15, 0.2) is 5.78 Å². The summed E-state index contributed by atoms with van der Waals surface area (Å²) in [5.41, 5.74) is 0.488. The first-order chi connectivity index (χ1) is 6.89. The highest BCUT2D eigenvalue weighted by Crippen LogP contribution is 2.64. The van der Waals surface area contributed by atoms with Crippen LogP contribution in [0.25, 0.3) is 0 Å². The van der Waals surface area contributed by atoms with Crippen molar-refractivity contribution in [2.45, 2.75) is 33.6 Å². The molecule has 2 fully saturated rings. The van der Waals surface area contributed by atoms with Gasteiger partial charge in [0.1, 0.15) is 5.78 Å². The van der Waals surface area contributed by atoms with E-state index in [1.54, 1.807) is 0 Å². The number of rotatable bonds is 0. The summed E-state index contributed by atoms with van der Waals surface area (Å²) in [5, 5.41) is 0. The van der Waals surface area contributed by atoms with E-state index < -0.39 is 5.41 Å². The molecule has 0 spiro atoms. The summed E-state index contributed by atoms with van der Waals surface area (Å²) in [5.74, 6) is 0.662. The Hall–Kier alpha value is -0.920. The van der Waals surface area contributed by atoms with Crippen molar-refractivity contribution in [3.05, 3.63) is 11.6 Å². The fraction of sp³-hybridized carbons (Fsp3) is 0.692. The van der Waals surface area contributed by atoms with Crippen LogP contribution in [0.4, 0.5) is 0 Å². The zero-order chi connectivity index (χ0) is 11.0. The van der Waals surface area contributed by atoms with Gasteiger partial charge < -0.3 is 0 Å². The maximum Gasteiger partial charge on any atom is 0.153 e. The van der Waals surface area contributed by atoms with Crippen LogP contribution >= 0.6 is 0 Å². The predicted octanol–water partition coefficient (Wildman–Crippen LogP) is 2.14. The van der Waals surface area contributed by atoms with E-state index in [9.17, 15) is 9.59 Å². The van der Waals surface area contributed by atoms with E-state index in [0.717, 1.165) is 6.42 Å². The molecule has 3 aliphatic rings. The normalized spacial score (nSPS) is 52.3. The molecule has 0 aliphatic heterocycles. The summed E-state index contributed by atoms with van der Waals surface area (Å²) in [7, 11) is 0. The summed E-state index contributed by atoms with van der Waals surface area (Å²) in [4.78, 5) is 24.3. The van der Waals surface area contributed by atoms with E-state index in [0.29, 0.717) is 6.42 Å². The standard InChI is InChI=1S/C13H16O2/c1-7-5-12(2)6-10(14)13(3)9(12)4-8(7)11(13)15/h5,8-9H,4,6H2,1-3H3/t8-,9+,12+,13+/m1/s1. The van der Waals surface area contributed by atoms with Crippen LogP contribution < -0.4 is 0 Å². The Bertz CT molecular complexity index is 420. The molecule has 0 aromatic carbocycles. The molecule has 0 aromatic rings. The van der Waals surface area contributed by atoms with Gasteiger partial charge in [-0.1, -0.05) is 18.6 Å². The molecule has 4 atom stereocenters. The molecule has 2 saturated carbocycles. The van der Waals surface area contributed by atoms with Crippen molar-refractivity contribution in [3.8, 4) is 0 Å². The third-order valence-electron chi connectivity index (χ3n) is 5.02. The van der Waals surface area contributed by atoms with Crippen LogP contribution in [-0.2, 0) is 9.59 Å². The average Bonchev–Trinajstić information content (AvgIpc) is 2.48. The molecule has 0 saturated heterocycles. The topological polar surface area (TPSA) is 34.1 Å². The van der Waals surface area contributed by atoms with Crippen molar-refractivity contribution >= 4 is 11.6 Å². The van der Waals surface area contributed by atoms with Crippen molar-refractivity contribution in [3.63, 3.8) is 0 Å². The fourth-order valence-electron chi connectivity index (χ4n) is 4.19. The van der Waals surface area contributed by atoms with Crippen LogP contribution in [0, 0.1) is 22.7 Å². The summed E-state index contributed by atoms with van der Waals surface area (Å²) < 4.78 is 0. The third-order valence-corrected chi connectivity index (χ3v) is 5.02. The molecule has 15 heavy (non-hydrogen) atoms. The number of allylic oxidation sites excluding steroid dienone is 2. The van der Waals surface area contributed by atoms with Gasteiger partial charge in [-0.05, 0) is 31.6 Å². The molecule has 2 nitrogen and oxygen atoms in total. The maximum absolute atomic E-state index is 12.3. The van der Waals surface area contributed by atoms with E-state index in [1.165, 1.54) is 5.57 Å². The molecule has 0 aromatic heterocycles. The van der Waals surface area contributed by atoms with Gasteiger partial charge in [-0.15, -0.1) is 0 Å². The van der Waals surface area contributed by atoms with Crippen molar-refractivity contribution in [1.29, 1.82) is 0 Å². The van der Waals surface area contributed by atoms with Gasteiger partial charge >= 0.3 is 0 Å². The lowest BCUT2D eigenvalue weighted by Gasteiger charge is -2.33.